The average molecular weight is 201 g/mol. The molecule has 0 bridgehead atoms. The molecular formula is C10H19NO3. The van der Waals surface area contributed by atoms with Crippen LogP contribution in [0.2, 0.25) is 0 Å². The van der Waals surface area contributed by atoms with Crippen LogP contribution in [0.15, 0.2) is 0 Å². The van der Waals surface area contributed by atoms with Gasteiger partial charge in [-0.05, 0) is 19.8 Å². The number of ether oxygens (including phenoxy) is 1. The van der Waals surface area contributed by atoms with Crippen molar-refractivity contribution in [2.24, 2.45) is 0 Å². The Morgan fingerprint density at radius 2 is 2.00 bits per heavy atom. The molecule has 0 heterocycles. The summed E-state index contributed by atoms with van der Waals surface area (Å²) in [5.41, 5.74) is 0. The molecule has 0 saturated heterocycles. The van der Waals surface area contributed by atoms with Crippen molar-refractivity contribution in [1.82, 2.24) is 5.32 Å². The number of esters is 1. The first-order chi connectivity index (χ1) is 6.61. The molecule has 1 unspecified atom stereocenters. The molecule has 0 aromatic carbocycles. The fourth-order valence-electron chi connectivity index (χ4n) is 0.760. The van der Waals surface area contributed by atoms with E-state index in [0.717, 1.165) is 19.3 Å². The highest BCUT2D eigenvalue weighted by molar-refractivity contribution is 6.32. The van der Waals surface area contributed by atoms with Gasteiger partial charge >= 0.3 is 11.9 Å². The summed E-state index contributed by atoms with van der Waals surface area (Å²) in [7, 11) is 0. The van der Waals surface area contributed by atoms with Crippen LogP contribution in [0, 0.1) is 0 Å². The molecule has 0 aliphatic carbocycles. The van der Waals surface area contributed by atoms with E-state index in [0.29, 0.717) is 6.61 Å². The molecule has 0 fully saturated rings. The number of hydrogen-bond donors (Lipinski definition) is 1. The number of nitrogens with one attached hydrogen (secondary N) is 1. The Kier molecular flexibility index (Phi) is 6.80. The first kappa shape index (κ1) is 12.9. The van der Waals surface area contributed by atoms with Gasteiger partial charge in [0.1, 0.15) is 0 Å². The summed E-state index contributed by atoms with van der Waals surface area (Å²) in [5.74, 6) is -1.42. The van der Waals surface area contributed by atoms with Gasteiger partial charge in [-0.2, -0.15) is 0 Å². The van der Waals surface area contributed by atoms with E-state index in [4.69, 9.17) is 4.74 Å². The van der Waals surface area contributed by atoms with Crippen LogP contribution in [-0.2, 0) is 14.3 Å². The SMILES string of the molecule is CCCCOC(=O)C(=O)NC(C)CC. The standard InChI is InChI=1S/C10H19NO3/c1-4-6-7-14-10(13)9(12)11-8(3)5-2/h8H,4-7H2,1-3H3,(H,11,12). The zero-order chi connectivity index (χ0) is 11.0. The Labute approximate surface area is 85.0 Å². The predicted octanol–water partition coefficient (Wildman–Crippen LogP) is 1.24. The van der Waals surface area contributed by atoms with Gasteiger partial charge in [-0.1, -0.05) is 20.3 Å². The van der Waals surface area contributed by atoms with Gasteiger partial charge in [-0.15, -0.1) is 0 Å². The monoisotopic (exact) mass is 201 g/mol. The largest absolute Gasteiger partial charge is 0.459 e. The quantitative estimate of drug-likeness (QED) is 0.413. The maximum atomic E-state index is 11.1. The van der Waals surface area contributed by atoms with Crippen molar-refractivity contribution in [1.29, 1.82) is 0 Å². The van der Waals surface area contributed by atoms with Crippen molar-refractivity contribution in [3.63, 3.8) is 0 Å². The number of hydrogen-bond acceptors (Lipinski definition) is 3. The van der Waals surface area contributed by atoms with Crippen LogP contribution in [0.1, 0.15) is 40.0 Å². The summed E-state index contributed by atoms with van der Waals surface area (Å²) < 4.78 is 4.74. The maximum absolute atomic E-state index is 11.1. The second-order valence-electron chi connectivity index (χ2n) is 3.27. The van der Waals surface area contributed by atoms with Crippen molar-refractivity contribution in [2.75, 3.05) is 6.61 Å². The van der Waals surface area contributed by atoms with Crippen molar-refractivity contribution < 1.29 is 14.3 Å². The summed E-state index contributed by atoms with van der Waals surface area (Å²) >= 11 is 0. The van der Waals surface area contributed by atoms with E-state index >= 15 is 0 Å². The molecule has 0 rings (SSSR count). The second kappa shape index (κ2) is 7.35. The minimum absolute atomic E-state index is 0.0150. The lowest BCUT2D eigenvalue weighted by Gasteiger charge is -2.10. The molecule has 82 valence electrons. The number of carbonyl (C=O) groups is 2. The first-order valence-electron chi connectivity index (χ1n) is 5.09. The van der Waals surface area contributed by atoms with Crippen LogP contribution in [0.25, 0.3) is 0 Å². The minimum Gasteiger partial charge on any atom is -0.459 e. The molecule has 4 heteroatoms. The van der Waals surface area contributed by atoms with E-state index in [1.807, 2.05) is 20.8 Å². The normalized spacial score (nSPS) is 11.9. The fraction of sp³-hybridized carbons (Fsp3) is 0.800. The van der Waals surface area contributed by atoms with E-state index in [1.54, 1.807) is 0 Å². The lowest BCUT2D eigenvalue weighted by atomic mass is 10.2. The van der Waals surface area contributed by atoms with Crippen LogP contribution in [0.5, 0.6) is 0 Å². The molecule has 0 saturated carbocycles. The smallest absolute Gasteiger partial charge is 0.396 e. The highest BCUT2D eigenvalue weighted by Crippen LogP contribution is 1.91. The van der Waals surface area contributed by atoms with Gasteiger partial charge in [-0.3, -0.25) is 4.79 Å². The predicted molar refractivity (Wildman–Crippen MR) is 53.8 cm³/mol. The Bertz CT molecular complexity index is 192. The van der Waals surface area contributed by atoms with Crippen LogP contribution >= 0.6 is 0 Å². The van der Waals surface area contributed by atoms with E-state index in [9.17, 15) is 9.59 Å². The number of rotatable bonds is 5. The number of carbonyl (C=O) groups excluding carboxylic acids is 2. The molecule has 0 radical (unpaired) electrons. The topological polar surface area (TPSA) is 55.4 Å². The molecule has 0 aliphatic heterocycles. The van der Waals surface area contributed by atoms with Crippen molar-refractivity contribution in [3.05, 3.63) is 0 Å². The lowest BCUT2D eigenvalue weighted by Crippen LogP contribution is -2.38. The van der Waals surface area contributed by atoms with Crippen molar-refractivity contribution >= 4 is 11.9 Å². The van der Waals surface area contributed by atoms with Crippen LogP contribution in [0.3, 0.4) is 0 Å². The Balaban J connectivity index is 3.71. The van der Waals surface area contributed by atoms with Gasteiger partial charge in [-0.25, -0.2) is 4.79 Å². The summed E-state index contributed by atoms with van der Waals surface area (Å²) in [6, 6.07) is 0.0150. The molecule has 0 aromatic rings. The van der Waals surface area contributed by atoms with E-state index in [2.05, 4.69) is 5.32 Å². The third kappa shape index (κ3) is 5.56. The van der Waals surface area contributed by atoms with E-state index < -0.39 is 11.9 Å². The molecule has 1 atom stereocenters. The highest BCUT2D eigenvalue weighted by Gasteiger charge is 2.16. The van der Waals surface area contributed by atoms with E-state index in [1.165, 1.54) is 0 Å². The lowest BCUT2D eigenvalue weighted by molar-refractivity contribution is -0.155. The summed E-state index contributed by atoms with van der Waals surface area (Å²) in [5, 5.41) is 2.54. The summed E-state index contributed by atoms with van der Waals surface area (Å²) in [4.78, 5) is 22.2. The van der Waals surface area contributed by atoms with Gasteiger partial charge < -0.3 is 10.1 Å². The third-order valence-corrected chi connectivity index (χ3v) is 1.91. The van der Waals surface area contributed by atoms with Crippen LogP contribution in [-0.4, -0.2) is 24.5 Å². The maximum Gasteiger partial charge on any atom is 0.396 e. The molecule has 4 nitrogen and oxygen atoms in total. The molecular weight excluding hydrogens is 182 g/mol. The third-order valence-electron chi connectivity index (χ3n) is 1.91. The Morgan fingerprint density at radius 1 is 1.36 bits per heavy atom. The van der Waals surface area contributed by atoms with E-state index in [-0.39, 0.29) is 6.04 Å². The van der Waals surface area contributed by atoms with Crippen LogP contribution in [0.4, 0.5) is 0 Å². The number of amides is 1. The molecule has 14 heavy (non-hydrogen) atoms. The molecule has 0 aliphatic rings. The average Bonchev–Trinajstić information content (AvgIpc) is 2.17. The van der Waals surface area contributed by atoms with Crippen molar-refractivity contribution in [2.45, 2.75) is 46.1 Å². The minimum atomic E-state index is -0.779. The van der Waals surface area contributed by atoms with Crippen LogP contribution < -0.4 is 5.32 Å². The zero-order valence-corrected chi connectivity index (χ0v) is 9.13. The van der Waals surface area contributed by atoms with Gasteiger partial charge in [0, 0.05) is 6.04 Å². The number of unbranched alkanes of at least 4 members (excludes halogenated alkanes) is 1. The first-order valence-corrected chi connectivity index (χ1v) is 5.09. The van der Waals surface area contributed by atoms with Gasteiger partial charge in [0.15, 0.2) is 0 Å². The summed E-state index contributed by atoms with van der Waals surface area (Å²) in [6.45, 7) is 6.10. The fourth-order valence-corrected chi connectivity index (χ4v) is 0.760. The zero-order valence-electron chi connectivity index (χ0n) is 9.13. The van der Waals surface area contributed by atoms with Crippen molar-refractivity contribution in [3.8, 4) is 0 Å². The van der Waals surface area contributed by atoms with Gasteiger partial charge in [0.2, 0.25) is 0 Å². The molecule has 0 aromatic heterocycles. The Morgan fingerprint density at radius 3 is 2.50 bits per heavy atom. The molecule has 1 amide bonds. The highest BCUT2D eigenvalue weighted by atomic mass is 16.5. The van der Waals surface area contributed by atoms with Gasteiger partial charge in [0.25, 0.3) is 0 Å². The molecule has 1 N–H and O–H groups in total. The molecule has 0 spiro atoms. The second-order valence-corrected chi connectivity index (χ2v) is 3.27. The summed E-state index contributed by atoms with van der Waals surface area (Å²) in [6.07, 6.45) is 2.54. The Hall–Kier alpha value is -1.06. The van der Waals surface area contributed by atoms with Gasteiger partial charge in [0.05, 0.1) is 6.61 Å².